The smallest absolute Gasteiger partial charge is 0.324 e. The summed E-state index contributed by atoms with van der Waals surface area (Å²) >= 11 is 0. The van der Waals surface area contributed by atoms with Crippen LogP contribution in [0.4, 0.5) is 0 Å². The fraction of sp³-hybridized carbons (Fsp3) is 0.467. The van der Waals surface area contributed by atoms with E-state index < -0.39 is 11.4 Å². The second kappa shape index (κ2) is 4.81. The van der Waals surface area contributed by atoms with Crippen molar-refractivity contribution in [2.75, 3.05) is 13.4 Å². The minimum absolute atomic E-state index is 0.0742. The summed E-state index contributed by atoms with van der Waals surface area (Å²) in [5.74, 6) is 0.681. The number of rotatable bonds is 3. The minimum Gasteiger partial charge on any atom is -0.465 e. The first-order valence-electron chi connectivity index (χ1n) is 6.79. The lowest BCUT2D eigenvalue weighted by Gasteiger charge is -2.25. The van der Waals surface area contributed by atoms with Crippen LogP contribution in [0.15, 0.2) is 18.2 Å². The number of hydrogen-bond donors (Lipinski definition) is 0. The molecule has 1 atom stereocenters. The van der Waals surface area contributed by atoms with Crippen molar-refractivity contribution in [1.82, 2.24) is 0 Å². The zero-order valence-corrected chi connectivity index (χ0v) is 11.3. The van der Waals surface area contributed by atoms with Crippen LogP contribution in [-0.4, -0.2) is 25.2 Å². The molecule has 1 aliphatic carbocycles. The molecular formula is C15H16O5. The SMILES string of the molecule is CCOC(=O)C1(c2ccc3c(c2)OCO3)CCCC1=O. The van der Waals surface area contributed by atoms with Crippen LogP contribution in [0.25, 0.3) is 0 Å². The molecule has 1 aromatic rings. The van der Waals surface area contributed by atoms with Crippen molar-refractivity contribution < 1.29 is 23.8 Å². The van der Waals surface area contributed by atoms with E-state index in [-0.39, 0.29) is 19.2 Å². The van der Waals surface area contributed by atoms with Crippen molar-refractivity contribution in [3.63, 3.8) is 0 Å². The topological polar surface area (TPSA) is 61.8 Å². The molecule has 3 rings (SSSR count). The van der Waals surface area contributed by atoms with Gasteiger partial charge in [0.2, 0.25) is 6.79 Å². The minimum atomic E-state index is -1.17. The van der Waals surface area contributed by atoms with Gasteiger partial charge in [0.1, 0.15) is 0 Å². The molecule has 5 heteroatoms. The highest BCUT2D eigenvalue weighted by atomic mass is 16.7. The number of Topliss-reactive ketones (excluding diaryl/α,β-unsaturated/α-hetero) is 1. The van der Waals surface area contributed by atoms with Gasteiger partial charge in [-0.15, -0.1) is 0 Å². The van der Waals surface area contributed by atoms with Crippen molar-refractivity contribution in [1.29, 1.82) is 0 Å². The Morgan fingerprint density at radius 2 is 2.15 bits per heavy atom. The van der Waals surface area contributed by atoms with Crippen LogP contribution >= 0.6 is 0 Å². The average molecular weight is 276 g/mol. The standard InChI is InChI=1S/C15H16O5/c1-2-18-14(17)15(7-3-4-13(15)16)10-5-6-11-12(8-10)20-9-19-11/h5-6,8H,2-4,7,9H2,1H3. The highest BCUT2D eigenvalue weighted by Crippen LogP contribution is 2.43. The van der Waals surface area contributed by atoms with Crippen LogP contribution < -0.4 is 9.47 Å². The molecule has 20 heavy (non-hydrogen) atoms. The zero-order chi connectivity index (χ0) is 14.2. The molecule has 1 aliphatic heterocycles. The van der Waals surface area contributed by atoms with Gasteiger partial charge in [0.25, 0.3) is 0 Å². The van der Waals surface area contributed by atoms with E-state index in [2.05, 4.69) is 0 Å². The molecule has 0 amide bonds. The van der Waals surface area contributed by atoms with Gasteiger partial charge in [0.15, 0.2) is 22.7 Å². The van der Waals surface area contributed by atoms with E-state index in [1.807, 2.05) is 0 Å². The van der Waals surface area contributed by atoms with E-state index in [0.717, 1.165) is 0 Å². The maximum atomic E-state index is 12.4. The first-order valence-corrected chi connectivity index (χ1v) is 6.79. The normalized spacial score (nSPS) is 23.9. The van der Waals surface area contributed by atoms with E-state index in [9.17, 15) is 9.59 Å². The Balaban J connectivity index is 2.06. The number of ketones is 1. The van der Waals surface area contributed by atoms with Crippen molar-refractivity contribution in [2.45, 2.75) is 31.6 Å². The molecule has 1 aromatic carbocycles. The Morgan fingerprint density at radius 3 is 2.85 bits per heavy atom. The quantitative estimate of drug-likeness (QED) is 0.624. The Bertz CT molecular complexity index is 565. The van der Waals surface area contributed by atoms with Crippen LogP contribution in [0.2, 0.25) is 0 Å². The molecule has 1 saturated carbocycles. The lowest BCUT2D eigenvalue weighted by molar-refractivity contribution is -0.153. The summed E-state index contributed by atoms with van der Waals surface area (Å²) in [5.41, 5.74) is -0.528. The van der Waals surface area contributed by atoms with Crippen molar-refractivity contribution >= 4 is 11.8 Å². The fourth-order valence-corrected chi connectivity index (χ4v) is 2.92. The van der Waals surface area contributed by atoms with Gasteiger partial charge >= 0.3 is 5.97 Å². The van der Waals surface area contributed by atoms with Crippen LogP contribution in [-0.2, 0) is 19.7 Å². The van der Waals surface area contributed by atoms with Gasteiger partial charge in [-0.3, -0.25) is 9.59 Å². The summed E-state index contributed by atoms with van der Waals surface area (Å²) in [4.78, 5) is 24.7. The molecule has 1 heterocycles. The first-order chi connectivity index (χ1) is 9.68. The van der Waals surface area contributed by atoms with E-state index in [4.69, 9.17) is 14.2 Å². The highest BCUT2D eigenvalue weighted by Gasteiger charge is 2.51. The molecule has 0 saturated heterocycles. The predicted octanol–water partition coefficient (Wildman–Crippen LogP) is 1.97. The highest BCUT2D eigenvalue weighted by molar-refractivity contribution is 6.11. The molecule has 1 fully saturated rings. The summed E-state index contributed by atoms with van der Waals surface area (Å²) in [6.45, 7) is 2.17. The summed E-state index contributed by atoms with van der Waals surface area (Å²) < 4.78 is 15.7. The van der Waals surface area contributed by atoms with Crippen molar-refractivity contribution in [3.05, 3.63) is 23.8 Å². The van der Waals surface area contributed by atoms with Crippen LogP contribution in [0, 0.1) is 0 Å². The Hall–Kier alpha value is -2.04. The van der Waals surface area contributed by atoms with E-state index in [0.29, 0.717) is 36.3 Å². The zero-order valence-electron chi connectivity index (χ0n) is 11.3. The Kier molecular flexibility index (Phi) is 3.12. The molecule has 0 radical (unpaired) electrons. The Morgan fingerprint density at radius 1 is 1.35 bits per heavy atom. The van der Waals surface area contributed by atoms with Crippen LogP contribution in [0.3, 0.4) is 0 Å². The van der Waals surface area contributed by atoms with E-state index in [1.54, 1.807) is 25.1 Å². The first kappa shape index (κ1) is 13.0. The third-order valence-corrected chi connectivity index (χ3v) is 3.92. The van der Waals surface area contributed by atoms with Gasteiger partial charge in [0.05, 0.1) is 6.61 Å². The average Bonchev–Trinajstić information content (AvgIpc) is 3.04. The van der Waals surface area contributed by atoms with E-state index in [1.165, 1.54) is 0 Å². The van der Waals surface area contributed by atoms with Gasteiger partial charge in [-0.25, -0.2) is 0 Å². The number of ether oxygens (including phenoxy) is 3. The monoisotopic (exact) mass is 276 g/mol. The largest absolute Gasteiger partial charge is 0.465 e. The number of esters is 1. The van der Waals surface area contributed by atoms with Gasteiger partial charge in [-0.1, -0.05) is 6.07 Å². The summed E-state index contributed by atoms with van der Waals surface area (Å²) in [6.07, 6.45) is 1.60. The van der Waals surface area contributed by atoms with Crippen LogP contribution in [0.5, 0.6) is 11.5 Å². The maximum absolute atomic E-state index is 12.4. The Labute approximate surface area is 116 Å². The third-order valence-electron chi connectivity index (χ3n) is 3.92. The molecule has 106 valence electrons. The predicted molar refractivity (Wildman–Crippen MR) is 69.7 cm³/mol. The number of fused-ring (bicyclic) bond motifs is 1. The van der Waals surface area contributed by atoms with Gasteiger partial charge in [0, 0.05) is 6.42 Å². The van der Waals surface area contributed by atoms with Gasteiger partial charge < -0.3 is 14.2 Å². The molecule has 1 unspecified atom stereocenters. The maximum Gasteiger partial charge on any atom is 0.324 e. The molecule has 0 N–H and O–H groups in total. The van der Waals surface area contributed by atoms with E-state index >= 15 is 0 Å². The molecule has 5 nitrogen and oxygen atoms in total. The fourth-order valence-electron chi connectivity index (χ4n) is 2.92. The number of benzene rings is 1. The summed E-state index contributed by atoms with van der Waals surface area (Å²) in [7, 11) is 0. The lowest BCUT2D eigenvalue weighted by Crippen LogP contribution is -2.41. The number of carbonyl (C=O) groups is 2. The lowest BCUT2D eigenvalue weighted by atomic mass is 9.78. The third kappa shape index (κ3) is 1.77. The molecule has 0 bridgehead atoms. The summed E-state index contributed by atoms with van der Waals surface area (Å²) in [6, 6.07) is 5.22. The van der Waals surface area contributed by atoms with Crippen molar-refractivity contribution in [3.8, 4) is 11.5 Å². The molecule has 0 spiro atoms. The summed E-state index contributed by atoms with van der Waals surface area (Å²) in [5, 5.41) is 0. The van der Waals surface area contributed by atoms with Crippen LogP contribution in [0.1, 0.15) is 31.7 Å². The molecule has 2 aliphatic rings. The van der Waals surface area contributed by atoms with Crippen molar-refractivity contribution in [2.24, 2.45) is 0 Å². The van der Waals surface area contributed by atoms with Gasteiger partial charge in [-0.05, 0) is 37.5 Å². The molecule has 0 aromatic heterocycles. The number of carbonyl (C=O) groups excluding carboxylic acids is 2. The van der Waals surface area contributed by atoms with Gasteiger partial charge in [-0.2, -0.15) is 0 Å². The second-order valence-corrected chi connectivity index (χ2v) is 4.97. The second-order valence-electron chi connectivity index (χ2n) is 4.97. The number of hydrogen-bond acceptors (Lipinski definition) is 5. The molecular weight excluding hydrogens is 260 g/mol.